The van der Waals surface area contributed by atoms with Gasteiger partial charge in [0.15, 0.2) is 5.75 Å². The van der Waals surface area contributed by atoms with Crippen molar-refractivity contribution in [3.63, 3.8) is 0 Å². The summed E-state index contributed by atoms with van der Waals surface area (Å²) in [4.78, 5) is 12.3. The van der Waals surface area contributed by atoms with Crippen molar-refractivity contribution >= 4 is 23.2 Å². The third-order valence-electron chi connectivity index (χ3n) is 4.47. The van der Waals surface area contributed by atoms with Gasteiger partial charge >= 0.3 is 0 Å². The topological polar surface area (TPSA) is 49.7 Å². The molecule has 3 aromatic rings. The van der Waals surface area contributed by atoms with E-state index in [4.69, 9.17) is 37.4 Å². The van der Waals surface area contributed by atoms with Crippen LogP contribution in [0, 0.1) is 6.92 Å². The maximum absolute atomic E-state index is 12.3. The van der Waals surface area contributed by atoms with Gasteiger partial charge in [0, 0.05) is 27.9 Å². The van der Waals surface area contributed by atoms with Crippen molar-refractivity contribution in [1.29, 1.82) is 0 Å². The smallest absolute Gasteiger partial charge is 0.223 e. The number of aromatic nitrogens is 1. The Morgan fingerprint density at radius 3 is 2.24 bits per heavy atom. The molecule has 5 nitrogen and oxygen atoms in total. The van der Waals surface area contributed by atoms with Gasteiger partial charge in [-0.3, -0.25) is 4.79 Å². The molecule has 1 aromatic heterocycles. The molecule has 0 N–H and O–H groups in total. The molecule has 0 atom stereocenters. The summed E-state index contributed by atoms with van der Waals surface area (Å²) in [5.41, 5.74) is 1.16. The first-order valence-corrected chi connectivity index (χ1v) is 9.77. The van der Waals surface area contributed by atoms with Gasteiger partial charge in [0.25, 0.3) is 0 Å². The van der Waals surface area contributed by atoms with Crippen LogP contribution >= 0.6 is 23.2 Å². The number of rotatable bonds is 8. The van der Waals surface area contributed by atoms with Gasteiger partial charge in [0.05, 0.1) is 19.3 Å². The predicted molar refractivity (Wildman–Crippen MR) is 115 cm³/mol. The van der Waals surface area contributed by atoms with E-state index in [0.717, 1.165) is 11.5 Å². The molecule has 2 aromatic carbocycles. The van der Waals surface area contributed by atoms with Crippen molar-refractivity contribution < 1.29 is 14.2 Å². The molecule has 0 fully saturated rings. The second kappa shape index (κ2) is 9.72. The molecule has 0 saturated heterocycles. The van der Waals surface area contributed by atoms with E-state index in [1.807, 2.05) is 35.8 Å². The average Bonchev–Trinajstić information content (AvgIpc) is 2.72. The molecule has 0 bridgehead atoms. The molecule has 7 heteroatoms. The fourth-order valence-electron chi connectivity index (χ4n) is 2.82. The highest BCUT2D eigenvalue weighted by molar-refractivity contribution is 6.35. The lowest BCUT2D eigenvalue weighted by Gasteiger charge is -2.16. The molecule has 0 amide bonds. The lowest BCUT2D eigenvalue weighted by Crippen LogP contribution is -2.17. The first-order chi connectivity index (χ1) is 14.0. The van der Waals surface area contributed by atoms with E-state index in [2.05, 4.69) is 0 Å². The molecular formula is C22H21Cl2NO4. The van der Waals surface area contributed by atoms with Crippen molar-refractivity contribution in [3.8, 4) is 17.2 Å². The fourth-order valence-corrected chi connectivity index (χ4v) is 3.33. The van der Waals surface area contributed by atoms with E-state index < -0.39 is 0 Å². The van der Waals surface area contributed by atoms with Crippen LogP contribution < -0.4 is 19.6 Å². The lowest BCUT2D eigenvalue weighted by molar-refractivity contribution is 0.283. The molecule has 0 saturated carbocycles. The van der Waals surface area contributed by atoms with Crippen LogP contribution in [0.1, 0.15) is 11.3 Å². The summed E-state index contributed by atoms with van der Waals surface area (Å²) in [5.74, 6) is 1.79. The zero-order valence-electron chi connectivity index (χ0n) is 16.2. The van der Waals surface area contributed by atoms with Gasteiger partial charge in [-0.25, -0.2) is 0 Å². The van der Waals surface area contributed by atoms with E-state index in [9.17, 15) is 4.79 Å². The van der Waals surface area contributed by atoms with Crippen LogP contribution in [-0.2, 0) is 13.2 Å². The number of halogens is 2. The minimum Gasteiger partial charge on any atom is -0.497 e. The molecule has 0 unspecified atom stereocenters. The summed E-state index contributed by atoms with van der Waals surface area (Å²) in [6.07, 6.45) is 1.73. The summed E-state index contributed by atoms with van der Waals surface area (Å²) >= 11 is 12.4. The molecule has 0 aliphatic carbocycles. The molecule has 0 spiro atoms. The van der Waals surface area contributed by atoms with Crippen LogP contribution in [0.2, 0.25) is 10.0 Å². The van der Waals surface area contributed by atoms with Crippen LogP contribution in [0.3, 0.4) is 0 Å². The van der Waals surface area contributed by atoms with E-state index >= 15 is 0 Å². The van der Waals surface area contributed by atoms with Crippen LogP contribution in [0.15, 0.2) is 59.5 Å². The monoisotopic (exact) mass is 433 g/mol. The van der Waals surface area contributed by atoms with Crippen LogP contribution in [0.4, 0.5) is 0 Å². The number of methoxy groups -OCH3 is 1. The Morgan fingerprint density at radius 2 is 1.59 bits per heavy atom. The molecule has 1 heterocycles. The van der Waals surface area contributed by atoms with Gasteiger partial charge in [0.2, 0.25) is 5.43 Å². The number of hydrogen-bond acceptors (Lipinski definition) is 4. The Bertz CT molecular complexity index is 1010. The van der Waals surface area contributed by atoms with Crippen LogP contribution in [0.25, 0.3) is 0 Å². The zero-order valence-corrected chi connectivity index (χ0v) is 17.7. The second-order valence-corrected chi connectivity index (χ2v) is 7.12. The normalized spacial score (nSPS) is 10.6. The van der Waals surface area contributed by atoms with Gasteiger partial charge in [-0.2, -0.15) is 0 Å². The lowest BCUT2D eigenvalue weighted by atomic mass is 10.2. The van der Waals surface area contributed by atoms with Crippen molar-refractivity contribution in [2.24, 2.45) is 0 Å². The minimum atomic E-state index is -0.196. The van der Waals surface area contributed by atoms with Gasteiger partial charge < -0.3 is 18.8 Å². The highest BCUT2D eigenvalue weighted by Gasteiger charge is 2.12. The van der Waals surface area contributed by atoms with Crippen LogP contribution in [0.5, 0.6) is 17.2 Å². The molecule has 0 radical (unpaired) electrons. The van der Waals surface area contributed by atoms with Crippen molar-refractivity contribution in [2.45, 2.75) is 20.1 Å². The first kappa shape index (κ1) is 21.1. The molecule has 152 valence electrons. The Labute approximate surface area is 179 Å². The Morgan fingerprint density at radius 1 is 0.931 bits per heavy atom. The SMILES string of the molecule is COc1ccc(OCCn2ccc(=O)c(OCc3c(Cl)cccc3Cl)c2C)cc1. The molecule has 29 heavy (non-hydrogen) atoms. The minimum absolute atomic E-state index is 0.112. The summed E-state index contributed by atoms with van der Waals surface area (Å²) in [5, 5.41) is 0.999. The highest BCUT2D eigenvalue weighted by Crippen LogP contribution is 2.26. The molecule has 0 aliphatic rings. The van der Waals surface area contributed by atoms with Crippen molar-refractivity contribution in [3.05, 3.63) is 86.3 Å². The van der Waals surface area contributed by atoms with Crippen molar-refractivity contribution in [2.75, 3.05) is 13.7 Å². The zero-order chi connectivity index (χ0) is 20.8. The second-order valence-electron chi connectivity index (χ2n) is 6.30. The third-order valence-corrected chi connectivity index (χ3v) is 5.18. The molecular weight excluding hydrogens is 413 g/mol. The largest absolute Gasteiger partial charge is 0.497 e. The molecule has 3 rings (SSSR count). The Kier molecular flexibility index (Phi) is 7.07. The first-order valence-electron chi connectivity index (χ1n) is 9.02. The number of pyridine rings is 1. The number of nitrogens with zero attached hydrogens (tertiary/aromatic N) is 1. The fraction of sp³-hybridized carbons (Fsp3) is 0.227. The summed E-state index contributed by atoms with van der Waals surface area (Å²) in [6, 6.07) is 14.1. The predicted octanol–water partition coefficient (Wildman–Crippen LogP) is 5.13. The Balaban J connectivity index is 1.67. The highest BCUT2D eigenvalue weighted by atomic mass is 35.5. The van der Waals surface area contributed by atoms with E-state index in [1.54, 1.807) is 31.5 Å². The van der Waals surface area contributed by atoms with Gasteiger partial charge in [0.1, 0.15) is 24.7 Å². The Hall–Kier alpha value is -2.63. The van der Waals surface area contributed by atoms with E-state index in [-0.39, 0.29) is 17.8 Å². The number of benzene rings is 2. The van der Waals surface area contributed by atoms with E-state index in [1.165, 1.54) is 6.07 Å². The van der Waals surface area contributed by atoms with Gasteiger partial charge in [-0.1, -0.05) is 29.3 Å². The number of hydrogen-bond donors (Lipinski definition) is 0. The summed E-state index contributed by atoms with van der Waals surface area (Å²) in [7, 11) is 1.62. The quantitative estimate of drug-likeness (QED) is 0.493. The average molecular weight is 434 g/mol. The number of ether oxygens (including phenoxy) is 3. The van der Waals surface area contributed by atoms with Crippen molar-refractivity contribution in [1.82, 2.24) is 4.57 Å². The standard InChI is InChI=1S/C22H21Cl2NO4/c1-15-22(29-14-18-19(23)4-3-5-20(18)24)21(26)10-11-25(15)12-13-28-17-8-6-16(27-2)7-9-17/h3-11H,12-14H2,1-2H3. The van der Waals surface area contributed by atoms with Crippen LogP contribution in [-0.4, -0.2) is 18.3 Å². The van der Waals surface area contributed by atoms with Gasteiger partial charge in [-0.05, 0) is 43.3 Å². The van der Waals surface area contributed by atoms with E-state index in [0.29, 0.717) is 34.5 Å². The maximum Gasteiger partial charge on any atom is 0.223 e. The molecule has 0 aliphatic heterocycles. The maximum atomic E-state index is 12.3. The summed E-state index contributed by atoms with van der Waals surface area (Å²) < 4.78 is 18.6. The van der Waals surface area contributed by atoms with Gasteiger partial charge in [-0.15, -0.1) is 0 Å². The third kappa shape index (κ3) is 5.25. The summed E-state index contributed by atoms with van der Waals surface area (Å²) in [6.45, 7) is 2.94.